The first-order valence-corrected chi connectivity index (χ1v) is 55.0. The van der Waals surface area contributed by atoms with E-state index in [9.17, 15) is 9.59 Å². The Morgan fingerprint density at radius 2 is 1.53 bits per heavy atom. The highest BCUT2D eigenvalue weighted by Crippen LogP contribution is 2.62. The van der Waals surface area contributed by atoms with E-state index in [0.29, 0.717) is 104 Å². The lowest BCUT2D eigenvalue weighted by atomic mass is 9.57. The molecular weight excluding hydrogens is 1620 g/mol. The smallest absolute Gasteiger partial charge is 0.410 e. The molecule has 6 aliphatic rings. The van der Waals surface area contributed by atoms with Crippen LogP contribution in [0.1, 0.15) is 183 Å². The summed E-state index contributed by atoms with van der Waals surface area (Å²) >= 11 is 4.80. The number of thiophene rings is 2. The van der Waals surface area contributed by atoms with E-state index in [-0.39, 0.29) is 84.6 Å². The van der Waals surface area contributed by atoms with E-state index in [0.717, 1.165) is 126 Å². The number of benzene rings is 2. The fourth-order valence-corrected chi connectivity index (χ4v) is 30.0. The molecule has 9 aromatic rings. The topological polar surface area (TPSA) is 218 Å². The van der Waals surface area contributed by atoms with Crippen molar-refractivity contribution in [1.82, 2.24) is 54.9 Å². The number of amides is 3. The Hall–Kier alpha value is -7.28. The van der Waals surface area contributed by atoms with Crippen LogP contribution < -0.4 is 19.7 Å². The number of carbonyl (C=O) groups excluding carboxylic acids is 3. The van der Waals surface area contributed by atoms with Gasteiger partial charge in [0.2, 0.25) is 11.8 Å². The van der Waals surface area contributed by atoms with Crippen molar-refractivity contribution in [2.45, 2.75) is 277 Å². The van der Waals surface area contributed by atoms with Gasteiger partial charge in [-0.2, -0.15) is 15.1 Å². The van der Waals surface area contributed by atoms with Crippen LogP contribution in [0.4, 0.5) is 19.4 Å². The predicted octanol–water partition coefficient (Wildman–Crippen LogP) is 20.8. The van der Waals surface area contributed by atoms with Crippen LogP contribution in [0.5, 0.6) is 11.9 Å². The third-order valence-corrected chi connectivity index (χ3v) is 43.0. The standard InChI is InChI=1S/C91H124F2N12O9S3Si3/c1-55(2)74(84(107)103-48-66(114-119(19,20)88(13,14)15)39-70(103)82(106)95-44-60-21-23-62(24-22-60)79-59(9)96-53-116-79)71-41-73(100-113-71)110-35-28-61-42-89(43-61)30-33-101(34-31-89)51-90(50-91(90,92)93)52-111-85-98-81(102-46-64-25-26-65(47-102)105(64)86(108)112-87(10,11)12)77-67-27-32-94-78(80(67)117-83(77)99-85)76-68-45-97-104(54-109-36-38-118(16,17)18)69(68)40-72-75(76)63(49-115-72)29-37-120(56(3)4,57(5)6)58(7)8/h21-24,27,32,40-41,45,49,53,55-58,61,64-66,70,74H,25-26,28,30-31,33-36,38-39,42-44,46-48,50-52,54H2,1-20H3,(H,95,106)/t64?,65?,66-,70+,74?,90-/m1/s1. The Balaban J connectivity index is 0.630. The number of halogens is 2. The Labute approximate surface area is 721 Å². The van der Waals surface area contributed by atoms with E-state index < -0.39 is 53.4 Å². The van der Waals surface area contributed by atoms with E-state index in [1.807, 2.05) is 87.2 Å². The van der Waals surface area contributed by atoms with Crippen LogP contribution in [0, 0.1) is 41.1 Å². The average molecular weight is 1750 g/mol. The third kappa shape index (κ3) is 17.7. The number of pyridine rings is 1. The van der Waals surface area contributed by atoms with Gasteiger partial charge >= 0.3 is 12.1 Å². The molecule has 15 rings (SSSR count). The van der Waals surface area contributed by atoms with Crippen molar-refractivity contribution in [3.8, 4) is 45.1 Å². The molecule has 2 aliphatic carbocycles. The fraction of sp³-hybridized carbons (Fsp3) is 0.615. The minimum atomic E-state index is -2.95. The lowest BCUT2D eigenvalue weighted by molar-refractivity contribution is -0.141. The summed E-state index contributed by atoms with van der Waals surface area (Å²) in [4.78, 5) is 73.5. The Morgan fingerprint density at radius 1 is 0.833 bits per heavy atom. The minimum absolute atomic E-state index is 0.0412. The molecule has 0 radical (unpaired) electrons. The second-order valence-electron chi connectivity index (χ2n) is 40.5. The van der Waals surface area contributed by atoms with Gasteiger partial charge in [-0.1, -0.05) is 126 Å². The number of hydrogen-bond donors (Lipinski definition) is 1. The third-order valence-electron chi connectivity index (χ3n) is 27.4. The Kier molecular flexibility index (Phi) is 24.6. The number of fused-ring (bicyclic) bond motifs is 7. The number of nitrogens with one attached hydrogen (secondary N) is 1. The van der Waals surface area contributed by atoms with Crippen LogP contribution in [0.15, 0.2) is 70.3 Å². The van der Waals surface area contributed by atoms with Gasteiger partial charge in [0.25, 0.3) is 11.8 Å². The van der Waals surface area contributed by atoms with Gasteiger partial charge in [0.1, 0.15) is 49.6 Å². The molecule has 2 bridgehead atoms. The van der Waals surface area contributed by atoms with Crippen molar-refractivity contribution in [2.75, 3.05) is 64.0 Å². The summed E-state index contributed by atoms with van der Waals surface area (Å²) in [5, 5.41) is 18.3. The molecule has 11 heterocycles. The molecule has 1 spiro atoms. The Bertz CT molecular complexity index is 5290. The van der Waals surface area contributed by atoms with Crippen LogP contribution >= 0.6 is 34.0 Å². The number of aryl methyl sites for hydroxylation is 1. The molecule has 1 N–H and O–H groups in total. The number of hydrogen-bond acceptors (Lipinski definition) is 20. The molecule has 4 saturated heterocycles. The van der Waals surface area contributed by atoms with Crippen molar-refractivity contribution >= 4 is 123 Å². The van der Waals surface area contributed by atoms with Crippen LogP contribution in [0.25, 0.3) is 63.0 Å². The maximum atomic E-state index is 16.4. The molecule has 646 valence electrons. The van der Waals surface area contributed by atoms with E-state index in [1.165, 1.54) is 11.3 Å². The lowest BCUT2D eigenvalue weighted by Gasteiger charge is -2.52. The maximum absolute atomic E-state index is 16.4. The highest BCUT2D eigenvalue weighted by molar-refractivity contribution is 7.26. The first-order valence-electron chi connectivity index (χ1n) is 43.6. The summed E-state index contributed by atoms with van der Waals surface area (Å²) < 4.78 is 75.0. The van der Waals surface area contributed by atoms with E-state index in [2.05, 4.69) is 155 Å². The number of rotatable bonds is 28. The minimum Gasteiger partial charge on any atom is -0.475 e. The quantitative estimate of drug-likeness (QED) is 0.0274. The zero-order valence-electron chi connectivity index (χ0n) is 74.0. The number of likely N-dealkylation sites (tertiary alicyclic amines) is 2. The molecule has 2 aromatic carbocycles. The normalized spacial score (nSPS) is 21.3. The van der Waals surface area contributed by atoms with Crippen LogP contribution in [0.2, 0.25) is 60.4 Å². The first kappa shape index (κ1) is 87.6. The SMILES string of the molecule is Cc1ncsc1-c1ccc(CNC(=O)[C@@H]2C[C@@H](O[Si](C)(C)C(C)(C)C)CN2C(=O)C(c2cc(OCCC3CC4(CCN(C[C@@]5(COc6nc(N7CC8CCC(C7)N8C(=O)OC(C)(C)C)c7c(n6)sc6c(-c8c9cnn(COCC[Si](C)(C)C)c9cc9scc(C#C[Si](C(C)C)(C(C)C)C(C)C)c89)nccc67)CC5(F)F)CC4)C3)no2)C(C)C)cc1. The highest BCUT2D eigenvalue weighted by Gasteiger charge is 2.72. The van der Waals surface area contributed by atoms with Crippen LogP contribution in [-0.2, 0) is 36.8 Å². The van der Waals surface area contributed by atoms with Gasteiger partial charge in [-0.25, -0.2) is 23.2 Å². The van der Waals surface area contributed by atoms with Crippen molar-refractivity contribution in [3.63, 3.8) is 0 Å². The van der Waals surface area contributed by atoms with Crippen molar-refractivity contribution in [2.24, 2.45) is 22.7 Å². The lowest BCUT2D eigenvalue weighted by Crippen LogP contribution is -2.57. The number of anilines is 1. The zero-order chi connectivity index (χ0) is 85.7. The van der Waals surface area contributed by atoms with Gasteiger partial charge < -0.3 is 47.9 Å². The van der Waals surface area contributed by atoms with Crippen molar-refractivity contribution in [3.05, 3.63) is 88.3 Å². The average Bonchev–Trinajstić information content (AvgIpc) is 1.55. The highest BCUT2D eigenvalue weighted by atomic mass is 32.1. The molecular formula is C91H124F2N12O9S3Si3. The number of alkyl halides is 2. The largest absolute Gasteiger partial charge is 0.475 e. The summed E-state index contributed by atoms with van der Waals surface area (Å²) in [7, 11) is -5.82. The first-order chi connectivity index (χ1) is 56.6. The van der Waals surface area contributed by atoms with Gasteiger partial charge in [0, 0.05) is 110 Å². The Morgan fingerprint density at radius 3 is 2.17 bits per heavy atom. The molecule has 2 saturated carbocycles. The summed E-state index contributed by atoms with van der Waals surface area (Å²) in [6.45, 7) is 48.1. The monoisotopic (exact) mass is 1750 g/mol. The number of piperazine rings is 1. The molecule has 21 nitrogen and oxygen atoms in total. The molecule has 120 heavy (non-hydrogen) atoms. The fourth-order valence-electron chi connectivity index (χ4n) is 19.7. The van der Waals surface area contributed by atoms with Gasteiger partial charge in [-0.15, -0.1) is 39.6 Å². The van der Waals surface area contributed by atoms with Crippen molar-refractivity contribution < 1.29 is 51.1 Å². The second kappa shape index (κ2) is 33.7. The molecule has 6 fully saturated rings. The number of piperidine rings is 1. The molecule has 6 atom stereocenters. The van der Waals surface area contributed by atoms with E-state index in [1.54, 1.807) is 33.6 Å². The summed E-state index contributed by atoms with van der Waals surface area (Å²) in [5.74, 6) is 1.33. The van der Waals surface area contributed by atoms with E-state index >= 15 is 13.6 Å². The zero-order valence-corrected chi connectivity index (χ0v) is 79.5. The molecule has 7 aromatic heterocycles. The number of thiazole rings is 1. The summed E-state index contributed by atoms with van der Waals surface area (Å²) in [6.07, 6.45) is 9.57. The number of carbonyl (C=O) groups is 3. The van der Waals surface area contributed by atoms with Gasteiger partial charge in [-0.3, -0.25) is 19.5 Å². The molecule has 29 heteroatoms. The van der Waals surface area contributed by atoms with Gasteiger partial charge in [0.15, 0.2) is 14.1 Å². The van der Waals surface area contributed by atoms with E-state index in [4.69, 9.17) is 47.9 Å². The summed E-state index contributed by atoms with van der Waals surface area (Å²) in [5.41, 5.74) is 11.9. The molecule has 3 unspecified atom stereocenters. The molecule has 3 amide bonds. The summed E-state index contributed by atoms with van der Waals surface area (Å²) in [6, 6.07) is 14.2. The van der Waals surface area contributed by atoms with Gasteiger partial charge in [0.05, 0.1) is 73.8 Å². The van der Waals surface area contributed by atoms with Crippen LogP contribution in [-0.4, -0.2) is 187 Å². The van der Waals surface area contributed by atoms with Crippen molar-refractivity contribution in [1.29, 1.82) is 0 Å². The number of aromatic nitrogens is 7. The molecule has 4 aliphatic heterocycles. The van der Waals surface area contributed by atoms with Crippen LogP contribution in [0.3, 0.4) is 0 Å². The number of nitrogens with zero attached hydrogens (tertiary/aromatic N) is 11. The van der Waals surface area contributed by atoms with Gasteiger partial charge in [-0.05, 0) is 172 Å². The maximum Gasteiger partial charge on any atom is 0.410 e. The second-order valence-corrected chi connectivity index (χ2v) is 59.2. The number of ether oxygens (including phenoxy) is 4. The predicted molar refractivity (Wildman–Crippen MR) is 485 cm³/mol.